The minimum absolute atomic E-state index is 0.410. The van der Waals surface area contributed by atoms with E-state index in [0.29, 0.717) is 4.58 Å². The van der Waals surface area contributed by atoms with Crippen LogP contribution in [0.5, 0.6) is 0 Å². The van der Waals surface area contributed by atoms with E-state index in [0.717, 1.165) is 5.75 Å². The van der Waals surface area contributed by atoms with E-state index in [9.17, 15) is 0 Å². The van der Waals surface area contributed by atoms with Crippen molar-refractivity contribution < 1.29 is 0 Å². The summed E-state index contributed by atoms with van der Waals surface area (Å²) >= 11 is 9.83. The van der Waals surface area contributed by atoms with E-state index in [-0.39, 0.29) is 0 Å². The molecule has 0 radical (unpaired) electrons. The molecule has 0 aliphatic carbocycles. The molecule has 0 saturated heterocycles. The Morgan fingerprint density at radius 1 is 1.83 bits per heavy atom. The van der Waals surface area contributed by atoms with E-state index in [1.54, 1.807) is 11.8 Å². The molecule has 0 bridgehead atoms. The zero-order chi connectivity index (χ0) is 4.99. The van der Waals surface area contributed by atoms with Crippen LogP contribution in [0.3, 0.4) is 0 Å². The molecule has 0 aliphatic rings. The molecule has 38 valence electrons. The summed E-state index contributed by atoms with van der Waals surface area (Å²) < 4.78 is 0.410. The number of rotatable bonds is 2. The predicted octanol–water partition coefficient (Wildman–Crippen LogP) is 1.54. The van der Waals surface area contributed by atoms with Crippen LogP contribution in [-0.2, 0) is 0 Å². The van der Waals surface area contributed by atoms with Crippen LogP contribution in [0.2, 0.25) is 0 Å². The Kier molecular flexibility index (Phi) is 4.95. The lowest BCUT2D eigenvalue weighted by atomic mass is 10.9. The van der Waals surface area contributed by atoms with Gasteiger partial charge in [0.1, 0.15) is 0 Å². The van der Waals surface area contributed by atoms with Gasteiger partial charge in [-0.1, -0.05) is 0 Å². The maximum atomic E-state index is 4.12. The molecule has 0 aromatic heterocycles. The van der Waals surface area contributed by atoms with E-state index < -0.39 is 0 Å². The van der Waals surface area contributed by atoms with E-state index in [1.165, 1.54) is 0 Å². The quantitative estimate of drug-likeness (QED) is 0.433. The Hall–Kier alpha value is 1.05. The fraction of sp³-hybridized carbons (Fsp3) is 1.00. The highest BCUT2D eigenvalue weighted by Gasteiger charge is 1.90. The summed E-state index contributed by atoms with van der Waals surface area (Å²) in [6.45, 7) is 0. The third-order valence-corrected chi connectivity index (χ3v) is 2.85. The molecule has 0 saturated carbocycles. The van der Waals surface area contributed by atoms with Gasteiger partial charge in [0.15, 0.2) is 0 Å². The summed E-state index contributed by atoms with van der Waals surface area (Å²) in [6.07, 6.45) is 2.02. The van der Waals surface area contributed by atoms with Gasteiger partial charge in [-0.3, -0.25) is 0 Å². The van der Waals surface area contributed by atoms with Crippen LogP contribution in [0.25, 0.3) is 0 Å². The van der Waals surface area contributed by atoms with Gasteiger partial charge in [-0.2, -0.15) is 37.0 Å². The monoisotopic (exact) mass is 140 g/mol. The fourth-order valence-corrected chi connectivity index (χ4v) is 0.671. The molecule has 0 fully saturated rings. The van der Waals surface area contributed by atoms with Crippen molar-refractivity contribution in [3.05, 3.63) is 0 Å². The molecular formula is C3H8S3. The Bertz CT molecular complexity index is 25.2. The van der Waals surface area contributed by atoms with Crippen molar-refractivity contribution in [2.75, 3.05) is 12.0 Å². The highest BCUT2D eigenvalue weighted by Crippen LogP contribution is 2.10. The number of thiol groups is 2. The zero-order valence-electron chi connectivity index (χ0n) is 3.59. The van der Waals surface area contributed by atoms with E-state index in [1.807, 2.05) is 6.26 Å². The Morgan fingerprint density at radius 3 is 2.33 bits per heavy atom. The summed E-state index contributed by atoms with van der Waals surface area (Å²) in [7, 11) is 0. The van der Waals surface area contributed by atoms with E-state index >= 15 is 0 Å². The number of thioether (sulfide) groups is 1. The largest absolute Gasteiger partial charge is 0.177 e. The van der Waals surface area contributed by atoms with Crippen LogP contribution in [-0.4, -0.2) is 16.6 Å². The van der Waals surface area contributed by atoms with E-state index in [4.69, 9.17) is 0 Å². The standard InChI is InChI=1S/C3H8S3/c1-6-3(5)2-4/h3-5H,2H2,1H3. The molecule has 0 amide bonds. The van der Waals surface area contributed by atoms with Gasteiger partial charge in [0.05, 0.1) is 4.58 Å². The van der Waals surface area contributed by atoms with Crippen molar-refractivity contribution in [1.82, 2.24) is 0 Å². The maximum absolute atomic E-state index is 4.12. The van der Waals surface area contributed by atoms with E-state index in [2.05, 4.69) is 25.3 Å². The first-order chi connectivity index (χ1) is 2.81. The molecule has 0 nitrogen and oxygen atoms in total. The normalized spacial score (nSPS) is 14.5. The van der Waals surface area contributed by atoms with Gasteiger partial charge in [-0.05, 0) is 6.26 Å². The molecule has 6 heavy (non-hydrogen) atoms. The van der Waals surface area contributed by atoms with Gasteiger partial charge in [0.2, 0.25) is 0 Å². The number of hydrogen-bond donors (Lipinski definition) is 2. The molecule has 1 atom stereocenters. The molecule has 0 aromatic rings. The Balaban J connectivity index is 2.75. The van der Waals surface area contributed by atoms with Gasteiger partial charge in [0, 0.05) is 5.75 Å². The number of hydrogen-bond acceptors (Lipinski definition) is 3. The lowest BCUT2D eigenvalue weighted by molar-refractivity contribution is 1.48. The lowest BCUT2D eigenvalue weighted by Gasteiger charge is -1.97. The van der Waals surface area contributed by atoms with Crippen molar-refractivity contribution >= 4 is 37.0 Å². The summed E-state index contributed by atoms with van der Waals surface area (Å²) in [5, 5.41) is 0. The first-order valence-corrected chi connectivity index (χ1v) is 4.06. The molecule has 0 spiro atoms. The third-order valence-electron chi connectivity index (χ3n) is 0.428. The summed E-state index contributed by atoms with van der Waals surface area (Å²) in [5.74, 6) is 0.851. The molecule has 0 N–H and O–H groups in total. The van der Waals surface area contributed by atoms with Crippen molar-refractivity contribution in [1.29, 1.82) is 0 Å². The first kappa shape index (κ1) is 7.05. The molecule has 3 heteroatoms. The summed E-state index contributed by atoms with van der Waals surface area (Å²) in [4.78, 5) is 0. The summed E-state index contributed by atoms with van der Waals surface area (Å²) in [5.41, 5.74) is 0. The van der Waals surface area contributed by atoms with Crippen molar-refractivity contribution in [2.45, 2.75) is 4.58 Å². The molecular weight excluding hydrogens is 132 g/mol. The smallest absolute Gasteiger partial charge is 0.0557 e. The van der Waals surface area contributed by atoms with Gasteiger partial charge < -0.3 is 0 Å². The van der Waals surface area contributed by atoms with Crippen LogP contribution in [0, 0.1) is 0 Å². The predicted molar refractivity (Wildman–Crippen MR) is 40.1 cm³/mol. The minimum atomic E-state index is 0.410. The van der Waals surface area contributed by atoms with Crippen LogP contribution in [0.15, 0.2) is 0 Å². The van der Waals surface area contributed by atoms with Crippen LogP contribution in [0.4, 0.5) is 0 Å². The average molecular weight is 140 g/mol. The Labute approximate surface area is 53.9 Å². The SMILES string of the molecule is CSC(S)CS. The second-order valence-electron chi connectivity index (χ2n) is 0.873. The second-order valence-corrected chi connectivity index (χ2v) is 3.25. The van der Waals surface area contributed by atoms with Gasteiger partial charge in [-0.25, -0.2) is 0 Å². The highest BCUT2D eigenvalue weighted by molar-refractivity contribution is 8.10. The van der Waals surface area contributed by atoms with Crippen molar-refractivity contribution in [3.8, 4) is 0 Å². The van der Waals surface area contributed by atoms with Gasteiger partial charge in [0.25, 0.3) is 0 Å². The van der Waals surface area contributed by atoms with Crippen LogP contribution in [0.1, 0.15) is 0 Å². The highest BCUT2D eigenvalue weighted by atomic mass is 32.2. The van der Waals surface area contributed by atoms with Crippen molar-refractivity contribution in [3.63, 3.8) is 0 Å². The molecule has 1 unspecified atom stereocenters. The third kappa shape index (κ3) is 3.25. The Morgan fingerprint density at radius 2 is 2.33 bits per heavy atom. The summed E-state index contributed by atoms with van der Waals surface area (Å²) in [6, 6.07) is 0. The van der Waals surface area contributed by atoms with Crippen LogP contribution < -0.4 is 0 Å². The molecule has 0 aliphatic heterocycles. The van der Waals surface area contributed by atoms with Gasteiger partial charge >= 0.3 is 0 Å². The topological polar surface area (TPSA) is 0 Å². The maximum Gasteiger partial charge on any atom is 0.0557 e. The van der Waals surface area contributed by atoms with Crippen LogP contribution >= 0.6 is 37.0 Å². The fourth-order valence-electron chi connectivity index (χ4n) is 0.0745. The lowest BCUT2D eigenvalue weighted by Crippen LogP contribution is -1.89. The molecule has 0 rings (SSSR count). The van der Waals surface area contributed by atoms with Crippen molar-refractivity contribution in [2.24, 2.45) is 0 Å². The minimum Gasteiger partial charge on any atom is -0.177 e. The molecule has 0 heterocycles. The average Bonchev–Trinajstić information content (AvgIpc) is 1.65. The zero-order valence-corrected chi connectivity index (χ0v) is 6.19. The first-order valence-electron chi connectivity index (χ1n) is 1.63. The second kappa shape index (κ2) is 4.22. The molecule has 0 aromatic carbocycles. The van der Waals surface area contributed by atoms with Gasteiger partial charge in [-0.15, -0.1) is 0 Å².